The van der Waals surface area contributed by atoms with E-state index in [1.807, 2.05) is 0 Å². The lowest BCUT2D eigenvalue weighted by Crippen LogP contribution is -2.42. The zero-order chi connectivity index (χ0) is 13.4. The van der Waals surface area contributed by atoms with Crippen molar-refractivity contribution in [3.63, 3.8) is 0 Å². The van der Waals surface area contributed by atoms with E-state index in [1.54, 1.807) is 11.3 Å². The standard InChI is InChI=1S/C16H23NOS/c1-11-7-12(2)10-17(9-11)16(18)15-8-13-5-3-4-6-14(13)19-15/h8,11-12H,3-7,9-10H2,1-2H3. The highest BCUT2D eigenvalue weighted by Crippen LogP contribution is 2.31. The average Bonchev–Trinajstić information content (AvgIpc) is 2.80. The minimum atomic E-state index is 0.276. The van der Waals surface area contributed by atoms with Gasteiger partial charge in [-0.3, -0.25) is 4.79 Å². The number of fused-ring (bicyclic) bond motifs is 1. The van der Waals surface area contributed by atoms with E-state index in [2.05, 4.69) is 24.8 Å². The van der Waals surface area contributed by atoms with Gasteiger partial charge in [0.05, 0.1) is 4.88 Å². The molecule has 2 heterocycles. The van der Waals surface area contributed by atoms with Gasteiger partial charge < -0.3 is 4.90 Å². The number of likely N-dealkylation sites (tertiary alicyclic amines) is 1. The predicted octanol–water partition coefficient (Wildman–Crippen LogP) is 3.75. The van der Waals surface area contributed by atoms with E-state index >= 15 is 0 Å². The van der Waals surface area contributed by atoms with Crippen LogP contribution in [0.4, 0.5) is 0 Å². The predicted molar refractivity (Wildman–Crippen MR) is 79.8 cm³/mol. The number of nitrogens with zero attached hydrogens (tertiary/aromatic N) is 1. The van der Waals surface area contributed by atoms with Gasteiger partial charge in [-0.05, 0) is 55.6 Å². The van der Waals surface area contributed by atoms with Crippen LogP contribution < -0.4 is 0 Å². The second-order valence-corrected chi connectivity index (χ2v) is 7.56. The molecule has 104 valence electrons. The highest BCUT2D eigenvalue weighted by atomic mass is 32.1. The molecule has 1 amide bonds. The molecule has 0 spiro atoms. The van der Waals surface area contributed by atoms with Gasteiger partial charge in [-0.1, -0.05) is 13.8 Å². The third-order valence-electron chi connectivity index (χ3n) is 4.36. The summed E-state index contributed by atoms with van der Waals surface area (Å²) in [6.45, 7) is 6.39. The van der Waals surface area contributed by atoms with Crippen molar-refractivity contribution < 1.29 is 4.79 Å². The Hall–Kier alpha value is -0.830. The van der Waals surface area contributed by atoms with Crippen molar-refractivity contribution in [3.8, 4) is 0 Å². The zero-order valence-corrected chi connectivity index (χ0v) is 12.8. The Labute approximate surface area is 119 Å². The first-order valence-electron chi connectivity index (χ1n) is 7.54. The van der Waals surface area contributed by atoms with Crippen LogP contribution >= 0.6 is 11.3 Å². The molecule has 3 heteroatoms. The molecule has 2 nitrogen and oxygen atoms in total. The van der Waals surface area contributed by atoms with E-state index in [1.165, 1.54) is 42.5 Å². The molecule has 1 saturated heterocycles. The Bertz CT molecular complexity index is 446. The summed E-state index contributed by atoms with van der Waals surface area (Å²) in [6.07, 6.45) is 6.19. The van der Waals surface area contributed by atoms with Gasteiger partial charge in [-0.15, -0.1) is 11.3 Å². The molecule has 0 aromatic carbocycles. The lowest BCUT2D eigenvalue weighted by molar-refractivity contribution is 0.0628. The first kappa shape index (κ1) is 13.2. The molecule has 1 aromatic heterocycles. The second kappa shape index (κ2) is 5.28. The van der Waals surface area contributed by atoms with Crippen LogP contribution in [0.15, 0.2) is 6.07 Å². The number of amides is 1. The van der Waals surface area contributed by atoms with Crippen molar-refractivity contribution in [2.24, 2.45) is 11.8 Å². The van der Waals surface area contributed by atoms with Crippen LogP contribution in [0.3, 0.4) is 0 Å². The van der Waals surface area contributed by atoms with Crippen LogP contribution in [-0.2, 0) is 12.8 Å². The molecular formula is C16H23NOS. The molecule has 1 aromatic rings. The van der Waals surface area contributed by atoms with Crippen LogP contribution in [0, 0.1) is 11.8 Å². The monoisotopic (exact) mass is 277 g/mol. The molecule has 0 N–H and O–H groups in total. The van der Waals surface area contributed by atoms with Gasteiger partial charge in [-0.25, -0.2) is 0 Å². The number of rotatable bonds is 1. The minimum Gasteiger partial charge on any atom is -0.337 e. The number of thiophene rings is 1. The molecule has 1 aliphatic carbocycles. The number of piperidine rings is 1. The summed E-state index contributed by atoms with van der Waals surface area (Å²) in [7, 11) is 0. The molecule has 0 bridgehead atoms. The fraction of sp³-hybridized carbons (Fsp3) is 0.688. The maximum absolute atomic E-state index is 12.6. The molecule has 3 rings (SSSR count). The smallest absolute Gasteiger partial charge is 0.263 e. The summed E-state index contributed by atoms with van der Waals surface area (Å²) in [6, 6.07) is 2.17. The van der Waals surface area contributed by atoms with Crippen molar-refractivity contribution in [1.82, 2.24) is 4.90 Å². The normalized spacial score (nSPS) is 27.2. The van der Waals surface area contributed by atoms with Crippen molar-refractivity contribution in [2.45, 2.75) is 46.0 Å². The topological polar surface area (TPSA) is 20.3 Å². The van der Waals surface area contributed by atoms with Crippen molar-refractivity contribution in [1.29, 1.82) is 0 Å². The molecular weight excluding hydrogens is 254 g/mol. The summed E-state index contributed by atoms with van der Waals surface area (Å²) < 4.78 is 0. The van der Waals surface area contributed by atoms with Crippen LogP contribution in [0.5, 0.6) is 0 Å². The minimum absolute atomic E-state index is 0.276. The number of hydrogen-bond donors (Lipinski definition) is 0. The Morgan fingerprint density at radius 2 is 1.89 bits per heavy atom. The summed E-state index contributed by atoms with van der Waals surface area (Å²) in [5.74, 6) is 1.56. The molecule has 2 aliphatic rings. The van der Waals surface area contributed by atoms with E-state index in [-0.39, 0.29) is 5.91 Å². The summed E-state index contributed by atoms with van der Waals surface area (Å²) in [5, 5.41) is 0. The molecule has 0 radical (unpaired) electrons. The van der Waals surface area contributed by atoms with Gasteiger partial charge in [0.2, 0.25) is 0 Å². The van der Waals surface area contributed by atoms with E-state index in [0.717, 1.165) is 18.0 Å². The number of aryl methyl sites for hydroxylation is 2. The highest BCUT2D eigenvalue weighted by Gasteiger charge is 2.27. The Morgan fingerprint density at radius 3 is 2.58 bits per heavy atom. The Morgan fingerprint density at radius 1 is 1.21 bits per heavy atom. The number of carbonyl (C=O) groups is 1. The fourth-order valence-corrected chi connectivity index (χ4v) is 4.80. The van der Waals surface area contributed by atoms with Crippen LogP contribution in [0.2, 0.25) is 0 Å². The first-order valence-corrected chi connectivity index (χ1v) is 8.36. The van der Waals surface area contributed by atoms with Gasteiger partial charge in [0.25, 0.3) is 5.91 Å². The summed E-state index contributed by atoms with van der Waals surface area (Å²) >= 11 is 1.75. The molecule has 1 fully saturated rings. The lowest BCUT2D eigenvalue weighted by atomic mass is 9.92. The van der Waals surface area contributed by atoms with E-state index < -0.39 is 0 Å². The Balaban J connectivity index is 1.77. The van der Waals surface area contributed by atoms with Crippen LogP contribution in [0.25, 0.3) is 0 Å². The maximum Gasteiger partial charge on any atom is 0.263 e. The number of hydrogen-bond acceptors (Lipinski definition) is 2. The largest absolute Gasteiger partial charge is 0.337 e. The van der Waals surface area contributed by atoms with Gasteiger partial charge in [0, 0.05) is 18.0 Å². The molecule has 0 saturated carbocycles. The van der Waals surface area contributed by atoms with Gasteiger partial charge in [0.1, 0.15) is 0 Å². The van der Waals surface area contributed by atoms with Gasteiger partial charge in [-0.2, -0.15) is 0 Å². The van der Waals surface area contributed by atoms with Crippen molar-refractivity contribution in [2.75, 3.05) is 13.1 Å². The third kappa shape index (κ3) is 2.71. The highest BCUT2D eigenvalue weighted by molar-refractivity contribution is 7.14. The zero-order valence-electron chi connectivity index (χ0n) is 11.9. The lowest BCUT2D eigenvalue weighted by Gasteiger charge is -2.34. The van der Waals surface area contributed by atoms with Crippen molar-refractivity contribution in [3.05, 3.63) is 21.4 Å². The Kier molecular flexibility index (Phi) is 3.66. The molecule has 19 heavy (non-hydrogen) atoms. The quantitative estimate of drug-likeness (QED) is 0.765. The molecule has 2 atom stereocenters. The molecule has 1 aliphatic heterocycles. The van der Waals surface area contributed by atoms with E-state index in [4.69, 9.17) is 0 Å². The second-order valence-electron chi connectivity index (χ2n) is 6.42. The van der Waals surface area contributed by atoms with Crippen molar-refractivity contribution >= 4 is 17.2 Å². The van der Waals surface area contributed by atoms with E-state index in [0.29, 0.717) is 11.8 Å². The molecule has 2 unspecified atom stereocenters. The van der Waals surface area contributed by atoms with Gasteiger partial charge in [0.15, 0.2) is 0 Å². The average molecular weight is 277 g/mol. The summed E-state index contributed by atoms with van der Waals surface area (Å²) in [5.41, 5.74) is 1.44. The van der Waals surface area contributed by atoms with Crippen LogP contribution in [0.1, 0.15) is 53.2 Å². The third-order valence-corrected chi connectivity index (χ3v) is 5.59. The van der Waals surface area contributed by atoms with E-state index in [9.17, 15) is 4.79 Å². The fourth-order valence-electron chi connectivity index (χ4n) is 3.58. The van der Waals surface area contributed by atoms with Crippen LogP contribution in [-0.4, -0.2) is 23.9 Å². The SMILES string of the molecule is CC1CC(C)CN(C(=O)c2cc3c(s2)CCCC3)C1. The first-order chi connectivity index (χ1) is 9.13. The maximum atomic E-state index is 12.6. The van der Waals surface area contributed by atoms with Gasteiger partial charge >= 0.3 is 0 Å². The summed E-state index contributed by atoms with van der Waals surface area (Å²) in [4.78, 5) is 17.2. The number of carbonyl (C=O) groups excluding carboxylic acids is 1.